The number of halogens is 3. The molecule has 7 heteroatoms. The van der Waals surface area contributed by atoms with Gasteiger partial charge in [0.1, 0.15) is 0 Å². The Morgan fingerprint density at radius 3 is 2.39 bits per heavy atom. The zero-order chi connectivity index (χ0) is 19.9. The Kier molecular flexibility index (Phi) is 4.61. The van der Waals surface area contributed by atoms with Gasteiger partial charge >= 0.3 is 6.18 Å². The van der Waals surface area contributed by atoms with E-state index in [0.717, 1.165) is 61.2 Å². The van der Waals surface area contributed by atoms with Crippen molar-refractivity contribution in [1.29, 1.82) is 0 Å². The molecule has 2 aliphatic rings. The number of aryl methyl sites for hydroxylation is 1. The third-order valence-electron chi connectivity index (χ3n) is 5.12. The minimum atomic E-state index is -4.43. The molecule has 0 aromatic heterocycles. The topological polar surface area (TPSA) is 49.4 Å². The second-order valence-electron chi connectivity index (χ2n) is 7.24. The van der Waals surface area contributed by atoms with Gasteiger partial charge in [-0.3, -0.25) is 9.59 Å². The van der Waals surface area contributed by atoms with Crippen LogP contribution in [0, 0.1) is 5.92 Å². The lowest BCUT2D eigenvalue weighted by Crippen LogP contribution is -2.36. The molecule has 1 N–H and O–H groups in total. The van der Waals surface area contributed by atoms with Gasteiger partial charge in [0, 0.05) is 29.4 Å². The Morgan fingerprint density at radius 2 is 1.75 bits per heavy atom. The number of anilines is 2. The summed E-state index contributed by atoms with van der Waals surface area (Å²) < 4.78 is 37.9. The molecular formula is C21H19F3N2O2. The monoisotopic (exact) mass is 388 g/mol. The highest BCUT2D eigenvalue weighted by molar-refractivity contribution is 6.04. The maximum Gasteiger partial charge on any atom is 0.416 e. The summed E-state index contributed by atoms with van der Waals surface area (Å²) in [6.07, 6.45) is -0.856. The summed E-state index contributed by atoms with van der Waals surface area (Å²) >= 11 is 0. The summed E-state index contributed by atoms with van der Waals surface area (Å²) in [4.78, 5) is 26.6. The predicted octanol–water partition coefficient (Wildman–Crippen LogP) is 4.65. The van der Waals surface area contributed by atoms with Crippen LogP contribution in [0.1, 0.15) is 40.7 Å². The number of amides is 2. The zero-order valence-electron chi connectivity index (χ0n) is 15.1. The fourth-order valence-corrected chi connectivity index (χ4v) is 3.47. The van der Waals surface area contributed by atoms with Crippen molar-refractivity contribution in [1.82, 2.24) is 0 Å². The van der Waals surface area contributed by atoms with E-state index in [1.54, 1.807) is 6.07 Å². The van der Waals surface area contributed by atoms with Crippen molar-refractivity contribution in [3.8, 4) is 0 Å². The van der Waals surface area contributed by atoms with Crippen LogP contribution in [0.2, 0.25) is 0 Å². The molecule has 0 saturated heterocycles. The number of nitrogens with zero attached hydrogens (tertiary/aromatic N) is 1. The highest BCUT2D eigenvalue weighted by Crippen LogP contribution is 2.36. The third kappa shape index (κ3) is 3.74. The molecule has 2 aromatic carbocycles. The highest BCUT2D eigenvalue weighted by Gasteiger charge is 2.35. The van der Waals surface area contributed by atoms with Crippen molar-refractivity contribution in [2.24, 2.45) is 5.92 Å². The first kappa shape index (κ1) is 18.5. The van der Waals surface area contributed by atoms with Crippen LogP contribution in [0.5, 0.6) is 0 Å². The van der Waals surface area contributed by atoms with E-state index in [2.05, 4.69) is 5.32 Å². The zero-order valence-corrected chi connectivity index (χ0v) is 15.1. The predicted molar refractivity (Wildman–Crippen MR) is 99.2 cm³/mol. The molecule has 1 aliphatic carbocycles. The average Bonchev–Trinajstić information content (AvgIpc) is 3.51. The second-order valence-corrected chi connectivity index (χ2v) is 7.24. The minimum Gasteiger partial charge on any atom is -0.322 e. The van der Waals surface area contributed by atoms with Gasteiger partial charge in [-0.2, -0.15) is 13.2 Å². The maximum atomic E-state index is 12.6. The number of hydrogen-bond acceptors (Lipinski definition) is 2. The van der Waals surface area contributed by atoms with Crippen LogP contribution in [-0.4, -0.2) is 18.4 Å². The lowest BCUT2D eigenvalue weighted by molar-refractivity contribution is -0.137. The average molecular weight is 388 g/mol. The van der Waals surface area contributed by atoms with Gasteiger partial charge in [0.05, 0.1) is 5.56 Å². The summed E-state index contributed by atoms with van der Waals surface area (Å²) in [6.45, 7) is 0.708. The Morgan fingerprint density at radius 1 is 1.04 bits per heavy atom. The van der Waals surface area contributed by atoms with Crippen LogP contribution in [-0.2, 0) is 17.4 Å². The molecular weight excluding hydrogens is 369 g/mol. The fourth-order valence-electron chi connectivity index (χ4n) is 3.47. The summed E-state index contributed by atoms with van der Waals surface area (Å²) in [6, 6.07) is 9.49. The molecule has 1 heterocycles. The molecule has 0 bridgehead atoms. The number of rotatable bonds is 3. The van der Waals surface area contributed by atoms with Gasteiger partial charge in [0.15, 0.2) is 0 Å². The van der Waals surface area contributed by atoms with Gasteiger partial charge in [0.25, 0.3) is 5.91 Å². The summed E-state index contributed by atoms with van der Waals surface area (Å²) in [5.41, 5.74) is 1.79. The molecule has 1 aliphatic heterocycles. The van der Waals surface area contributed by atoms with E-state index in [9.17, 15) is 22.8 Å². The van der Waals surface area contributed by atoms with E-state index in [4.69, 9.17) is 0 Å². The quantitative estimate of drug-likeness (QED) is 0.832. The van der Waals surface area contributed by atoms with E-state index < -0.39 is 17.6 Å². The first-order valence-corrected chi connectivity index (χ1v) is 9.26. The van der Waals surface area contributed by atoms with Crippen molar-refractivity contribution >= 4 is 23.2 Å². The summed E-state index contributed by atoms with van der Waals surface area (Å²) in [5.74, 6) is -0.164. The minimum absolute atomic E-state index is 0.144. The molecule has 0 radical (unpaired) electrons. The highest BCUT2D eigenvalue weighted by atomic mass is 19.4. The van der Waals surface area contributed by atoms with Crippen molar-refractivity contribution in [2.75, 3.05) is 16.8 Å². The molecule has 1 saturated carbocycles. The normalized spacial score (nSPS) is 16.5. The smallest absolute Gasteiger partial charge is 0.322 e. The summed E-state index contributed by atoms with van der Waals surface area (Å²) in [5, 5.41) is 2.72. The lowest BCUT2D eigenvalue weighted by Gasteiger charge is -2.30. The molecule has 2 amide bonds. The van der Waals surface area contributed by atoms with E-state index in [1.807, 2.05) is 17.0 Å². The second kappa shape index (κ2) is 6.96. The number of benzene rings is 2. The van der Waals surface area contributed by atoms with Crippen molar-refractivity contribution < 1.29 is 22.8 Å². The first-order chi connectivity index (χ1) is 13.3. The Hall–Kier alpha value is -2.83. The van der Waals surface area contributed by atoms with Crippen LogP contribution in [0.15, 0.2) is 42.5 Å². The van der Waals surface area contributed by atoms with Crippen molar-refractivity contribution in [2.45, 2.75) is 31.9 Å². The number of alkyl halides is 3. The lowest BCUT2D eigenvalue weighted by atomic mass is 10.00. The van der Waals surface area contributed by atoms with Crippen LogP contribution in [0.25, 0.3) is 0 Å². The van der Waals surface area contributed by atoms with Gasteiger partial charge in [-0.05, 0) is 73.7 Å². The molecule has 0 unspecified atom stereocenters. The molecule has 4 nitrogen and oxygen atoms in total. The van der Waals surface area contributed by atoms with Gasteiger partial charge in [-0.25, -0.2) is 0 Å². The first-order valence-electron chi connectivity index (χ1n) is 9.26. The van der Waals surface area contributed by atoms with Crippen LogP contribution >= 0.6 is 0 Å². The van der Waals surface area contributed by atoms with Crippen molar-refractivity contribution in [3.05, 3.63) is 59.2 Å². The molecule has 0 spiro atoms. The van der Waals surface area contributed by atoms with Gasteiger partial charge in [-0.15, -0.1) is 0 Å². The van der Waals surface area contributed by atoms with Gasteiger partial charge in [-0.1, -0.05) is 0 Å². The molecule has 4 rings (SSSR count). The van der Waals surface area contributed by atoms with Crippen LogP contribution < -0.4 is 10.2 Å². The van der Waals surface area contributed by atoms with E-state index in [-0.39, 0.29) is 17.4 Å². The largest absolute Gasteiger partial charge is 0.416 e. The molecule has 146 valence electrons. The SMILES string of the molecule is O=C(Nc1ccc2c(c1)CCCN2C(=O)C1CC1)c1ccc(C(F)(F)F)cc1. The number of fused-ring (bicyclic) bond motifs is 1. The molecule has 2 aromatic rings. The standard InChI is InChI=1S/C21H19F3N2O2/c22-21(23,24)16-7-5-13(6-8-16)19(27)25-17-9-10-18-15(12-17)2-1-11-26(18)20(28)14-3-4-14/h5-10,12,14H,1-4,11H2,(H,25,27). The van der Waals surface area contributed by atoms with Crippen molar-refractivity contribution in [3.63, 3.8) is 0 Å². The van der Waals surface area contributed by atoms with Crippen LogP contribution in [0.3, 0.4) is 0 Å². The number of carbonyl (C=O) groups is 2. The van der Waals surface area contributed by atoms with E-state index in [0.29, 0.717) is 12.2 Å². The fraction of sp³-hybridized carbons (Fsp3) is 0.333. The van der Waals surface area contributed by atoms with E-state index in [1.165, 1.54) is 0 Å². The van der Waals surface area contributed by atoms with Crippen LogP contribution in [0.4, 0.5) is 24.5 Å². The number of hydrogen-bond donors (Lipinski definition) is 1. The molecule has 0 atom stereocenters. The summed E-state index contributed by atoms with van der Waals surface area (Å²) in [7, 11) is 0. The molecule has 1 fully saturated rings. The Balaban J connectivity index is 1.49. The Bertz CT molecular complexity index is 918. The van der Waals surface area contributed by atoms with Gasteiger partial charge in [0.2, 0.25) is 5.91 Å². The third-order valence-corrected chi connectivity index (χ3v) is 5.12. The number of carbonyl (C=O) groups excluding carboxylic acids is 2. The van der Waals surface area contributed by atoms with Gasteiger partial charge < -0.3 is 10.2 Å². The Labute approximate surface area is 160 Å². The van der Waals surface area contributed by atoms with E-state index >= 15 is 0 Å². The molecule has 28 heavy (non-hydrogen) atoms. The number of nitrogens with one attached hydrogen (secondary N) is 1. The maximum absolute atomic E-state index is 12.6.